The molecule has 23 heavy (non-hydrogen) atoms. The van der Waals surface area contributed by atoms with E-state index in [1.807, 2.05) is 49.4 Å². The Morgan fingerprint density at radius 1 is 1.17 bits per heavy atom. The Hall–Kier alpha value is -2.20. The molecule has 0 unspecified atom stereocenters. The van der Waals surface area contributed by atoms with Crippen LogP contribution in [0, 0.1) is 6.92 Å². The molecule has 0 aromatic heterocycles. The van der Waals surface area contributed by atoms with Crippen molar-refractivity contribution in [2.24, 2.45) is 0 Å². The molecule has 2 rings (SSSR count). The number of nitrogens with one attached hydrogen (secondary N) is 1. The molecule has 0 radical (unpaired) electrons. The zero-order valence-corrected chi connectivity index (χ0v) is 14.0. The Morgan fingerprint density at radius 3 is 2.61 bits per heavy atom. The zero-order chi connectivity index (χ0) is 16.7. The van der Waals surface area contributed by atoms with Crippen molar-refractivity contribution < 1.29 is 14.3 Å². The monoisotopic (exact) mass is 333 g/mol. The van der Waals surface area contributed by atoms with Gasteiger partial charge in [-0.2, -0.15) is 0 Å². The molecule has 0 aliphatic rings. The Bertz CT molecular complexity index is 646. The smallest absolute Gasteiger partial charge is 0.260 e. The maximum absolute atomic E-state index is 11.9. The lowest BCUT2D eigenvalue weighted by atomic mass is 10.2. The topological polar surface area (TPSA) is 47.6 Å². The van der Waals surface area contributed by atoms with E-state index in [0.717, 1.165) is 5.56 Å². The van der Waals surface area contributed by atoms with E-state index in [0.29, 0.717) is 29.7 Å². The van der Waals surface area contributed by atoms with Gasteiger partial charge >= 0.3 is 0 Å². The number of amides is 1. The largest absolute Gasteiger partial charge is 0.492 e. The molecule has 1 amide bonds. The zero-order valence-electron chi connectivity index (χ0n) is 13.2. The predicted molar refractivity (Wildman–Crippen MR) is 91.2 cm³/mol. The maximum atomic E-state index is 11.9. The summed E-state index contributed by atoms with van der Waals surface area (Å²) in [5, 5.41) is 3.44. The average Bonchev–Trinajstić information content (AvgIpc) is 2.55. The fourth-order valence-corrected chi connectivity index (χ4v) is 2.08. The van der Waals surface area contributed by atoms with Crippen molar-refractivity contribution in [1.29, 1.82) is 0 Å². The highest BCUT2D eigenvalue weighted by Crippen LogP contribution is 2.21. The van der Waals surface area contributed by atoms with Crippen LogP contribution in [-0.2, 0) is 4.79 Å². The Morgan fingerprint density at radius 2 is 1.91 bits per heavy atom. The SMILES string of the molecule is Cc1ccc(OCCNC(=O)[C@H](C)Oc2ccccc2)cc1Cl. The highest BCUT2D eigenvalue weighted by molar-refractivity contribution is 6.31. The third-order valence-electron chi connectivity index (χ3n) is 3.24. The van der Waals surface area contributed by atoms with Gasteiger partial charge in [-0.25, -0.2) is 0 Å². The van der Waals surface area contributed by atoms with Crippen molar-refractivity contribution in [1.82, 2.24) is 5.32 Å². The van der Waals surface area contributed by atoms with E-state index >= 15 is 0 Å². The van der Waals surface area contributed by atoms with Crippen molar-refractivity contribution >= 4 is 17.5 Å². The average molecular weight is 334 g/mol. The van der Waals surface area contributed by atoms with Crippen molar-refractivity contribution in [3.8, 4) is 11.5 Å². The summed E-state index contributed by atoms with van der Waals surface area (Å²) in [6, 6.07) is 14.8. The van der Waals surface area contributed by atoms with Gasteiger partial charge in [-0.15, -0.1) is 0 Å². The van der Waals surface area contributed by atoms with Gasteiger partial charge in [0.25, 0.3) is 5.91 Å². The van der Waals surface area contributed by atoms with E-state index in [1.54, 1.807) is 13.0 Å². The van der Waals surface area contributed by atoms with E-state index in [-0.39, 0.29) is 5.91 Å². The van der Waals surface area contributed by atoms with Gasteiger partial charge in [0.2, 0.25) is 0 Å². The fraction of sp³-hybridized carbons (Fsp3) is 0.278. The van der Waals surface area contributed by atoms with Crippen LogP contribution in [0.2, 0.25) is 5.02 Å². The molecule has 2 aromatic rings. The maximum Gasteiger partial charge on any atom is 0.260 e. The molecule has 1 atom stereocenters. The lowest BCUT2D eigenvalue weighted by Crippen LogP contribution is -2.38. The summed E-state index contributed by atoms with van der Waals surface area (Å²) in [5.74, 6) is 1.17. The summed E-state index contributed by atoms with van der Waals surface area (Å²) in [7, 11) is 0. The minimum absolute atomic E-state index is 0.181. The van der Waals surface area contributed by atoms with Crippen LogP contribution < -0.4 is 14.8 Å². The summed E-state index contributed by atoms with van der Waals surface area (Å²) in [6.07, 6.45) is -0.564. The first-order chi connectivity index (χ1) is 11.1. The Kier molecular flexibility index (Phi) is 6.29. The second-order valence-electron chi connectivity index (χ2n) is 5.12. The van der Waals surface area contributed by atoms with Crippen molar-refractivity contribution in [2.75, 3.05) is 13.2 Å². The van der Waals surface area contributed by atoms with E-state index in [9.17, 15) is 4.79 Å². The van der Waals surface area contributed by atoms with Crippen LogP contribution in [0.3, 0.4) is 0 Å². The number of hydrogen-bond acceptors (Lipinski definition) is 3. The number of halogens is 1. The molecule has 0 bridgehead atoms. The van der Waals surface area contributed by atoms with E-state index in [2.05, 4.69) is 5.32 Å². The van der Waals surface area contributed by atoms with Crippen molar-refractivity contribution in [3.05, 3.63) is 59.1 Å². The van der Waals surface area contributed by atoms with Gasteiger partial charge in [0.15, 0.2) is 6.10 Å². The second kappa shape index (κ2) is 8.44. The van der Waals surface area contributed by atoms with Gasteiger partial charge < -0.3 is 14.8 Å². The number of carbonyl (C=O) groups is 1. The standard InChI is InChI=1S/C18H20ClNO3/c1-13-8-9-16(12-17(13)19)22-11-10-20-18(21)14(2)23-15-6-4-3-5-7-15/h3-9,12,14H,10-11H2,1-2H3,(H,20,21)/t14-/m0/s1. The van der Waals surface area contributed by atoms with Gasteiger partial charge in [0.1, 0.15) is 18.1 Å². The predicted octanol–water partition coefficient (Wildman–Crippen LogP) is 3.61. The van der Waals surface area contributed by atoms with Crippen LogP contribution in [0.5, 0.6) is 11.5 Å². The molecule has 5 heteroatoms. The summed E-state index contributed by atoms with van der Waals surface area (Å²) >= 11 is 6.03. The van der Waals surface area contributed by atoms with Gasteiger partial charge in [-0.3, -0.25) is 4.79 Å². The number of rotatable bonds is 7. The van der Waals surface area contributed by atoms with Gasteiger partial charge in [-0.05, 0) is 43.7 Å². The Labute approximate surface area is 141 Å². The van der Waals surface area contributed by atoms with Crippen LogP contribution in [0.1, 0.15) is 12.5 Å². The van der Waals surface area contributed by atoms with Crippen LogP contribution in [0.15, 0.2) is 48.5 Å². The first kappa shape index (κ1) is 17.2. The first-order valence-electron chi connectivity index (χ1n) is 7.44. The van der Waals surface area contributed by atoms with Gasteiger partial charge in [0, 0.05) is 5.02 Å². The summed E-state index contributed by atoms with van der Waals surface area (Å²) < 4.78 is 11.1. The number of benzene rings is 2. The van der Waals surface area contributed by atoms with Crippen LogP contribution in [-0.4, -0.2) is 25.2 Å². The third kappa shape index (κ3) is 5.49. The molecule has 1 N–H and O–H groups in total. The van der Waals surface area contributed by atoms with E-state index < -0.39 is 6.10 Å². The third-order valence-corrected chi connectivity index (χ3v) is 3.65. The van der Waals surface area contributed by atoms with Crippen molar-refractivity contribution in [3.63, 3.8) is 0 Å². The molecular formula is C18H20ClNO3. The highest BCUT2D eigenvalue weighted by Gasteiger charge is 2.13. The highest BCUT2D eigenvalue weighted by atomic mass is 35.5. The van der Waals surface area contributed by atoms with Crippen LogP contribution >= 0.6 is 11.6 Å². The number of aryl methyl sites for hydroxylation is 1. The number of para-hydroxylation sites is 1. The van der Waals surface area contributed by atoms with Gasteiger partial charge in [-0.1, -0.05) is 35.9 Å². The molecule has 0 saturated heterocycles. The summed E-state index contributed by atoms with van der Waals surface area (Å²) in [5.41, 5.74) is 0.999. The molecule has 4 nitrogen and oxygen atoms in total. The molecule has 0 aliphatic heterocycles. The number of ether oxygens (including phenoxy) is 2. The normalized spacial score (nSPS) is 11.6. The lowest BCUT2D eigenvalue weighted by molar-refractivity contribution is -0.127. The quantitative estimate of drug-likeness (QED) is 0.787. The molecule has 0 fully saturated rings. The molecule has 0 aliphatic carbocycles. The van der Waals surface area contributed by atoms with Gasteiger partial charge in [0.05, 0.1) is 6.54 Å². The number of carbonyl (C=O) groups excluding carboxylic acids is 1. The van der Waals surface area contributed by atoms with Crippen LogP contribution in [0.25, 0.3) is 0 Å². The first-order valence-corrected chi connectivity index (χ1v) is 7.82. The Balaban J connectivity index is 1.71. The minimum atomic E-state index is -0.564. The molecule has 0 spiro atoms. The van der Waals surface area contributed by atoms with Crippen molar-refractivity contribution in [2.45, 2.75) is 20.0 Å². The molecule has 0 saturated carbocycles. The van der Waals surface area contributed by atoms with E-state index in [4.69, 9.17) is 21.1 Å². The molecule has 122 valence electrons. The minimum Gasteiger partial charge on any atom is -0.492 e. The lowest BCUT2D eigenvalue weighted by Gasteiger charge is -2.15. The van der Waals surface area contributed by atoms with E-state index in [1.165, 1.54) is 0 Å². The summed E-state index contributed by atoms with van der Waals surface area (Å²) in [4.78, 5) is 11.9. The molecule has 2 aromatic carbocycles. The molecular weight excluding hydrogens is 314 g/mol. The van der Waals surface area contributed by atoms with Crippen LogP contribution in [0.4, 0.5) is 0 Å². The number of hydrogen-bond donors (Lipinski definition) is 1. The molecule has 0 heterocycles. The fourth-order valence-electron chi connectivity index (χ4n) is 1.91. The second-order valence-corrected chi connectivity index (χ2v) is 5.53. The summed E-state index contributed by atoms with van der Waals surface area (Å²) in [6.45, 7) is 4.40.